The Morgan fingerprint density at radius 3 is 2.13 bits per heavy atom. The van der Waals surface area contributed by atoms with Crippen LogP contribution in [0.25, 0.3) is 22.3 Å². The second-order valence-corrected chi connectivity index (χ2v) is 14.4. The molecule has 2 atom stereocenters. The molecule has 0 aromatic heterocycles. The first-order valence-corrected chi connectivity index (χ1v) is 17.2. The van der Waals surface area contributed by atoms with Gasteiger partial charge in [-0.2, -0.15) is 0 Å². The molecule has 5 aromatic carbocycles. The Bertz CT molecular complexity index is 2040. The third-order valence-corrected chi connectivity index (χ3v) is 11.1. The Morgan fingerprint density at radius 1 is 0.681 bits per heavy atom. The van der Waals surface area contributed by atoms with Crippen LogP contribution in [0.5, 0.6) is 0 Å². The van der Waals surface area contributed by atoms with Crippen molar-refractivity contribution in [2.24, 2.45) is 0 Å². The molecular formula is C46H43N. The van der Waals surface area contributed by atoms with Crippen molar-refractivity contribution in [1.29, 1.82) is 0 Å². The fourth-order valence-electron chi connectivity index (χ4n) is 8.34. The van der Waals surface area contributed by atoms with Crippen LogP contribution in [0, 0.1) is 0 Å². The van der Waals surface area contributed by atoms with Crippen LogP contribution >= 0.6 is 0 Å². The fourth-order valence-corrected chi connectivity index (χ4v) is 8.34. The highest BCUT2D eigenvalue weighted by Crippen LogP contribution is 2.57. The van der Waals surface area contributed by atoms with Crippen molar-refractivity contribution in [2.75, 3.05) is 4.90 Å². The summed E-state index contributed by atoms with van der Waals surface area (Å²) in [5, 5.41) is 0. The minimum Gasteiger partial charge on any atom is -0.310 e. The van der Waals surface area contributed by atoms with Gasteiger partial charge in [-0.1, -0.05) is 143 Å². The Labute approximate surface area is 280 Å². The highest BCUT2D eigenvalue weighted by Gasteiger charge is 2.41. The van der Waals surface area contributed by atoms with Crippen LogP contribution < -0.4 is 4.90 Å². The van der Waals surface area contributed by atoms with E-state index in [0.29, 0.717) is 5.92 Å². The molecule has 3 aliphatic rings. The number of benzene rings is 5. The third-order valence-electron chi connectivity index (χ3n) is 11.1. The molecule has 0 saturated carbocycles. The summed E-state index contributed by atoms with van der Waals surface area (Å²) >= 11 is 0. The predicted molar refractivity (Wildman–Crippen MR) is 200 cm³/mol. The van der Waals surface area contributed by atoms with Crippen molar-refractivity contribution in [2.45, 2.75) is 63.7 Å². The number of rotatable bonds is 5. The van der Waals surface area contributed by atoms with E-state index < -0.39 is 0 Å². The molecule has 2 bridgehead atoms. The molecule has 47 heavy (non-hydrogen) atoms. The average molecular weight is 610 g/mol. The Kier molecular flexibility index (Phi) is 7.17. The standard InChI is InChI=1S/C46H43N/c1-5-46(4)31-32-16-9-6-12-19-35(28-32)38-29-41-39(30-42(38)46)44-40(45(41,2)3)22-15-23-43(44)47(36-20-13-8-14-21-36)37-26-24-34(25-27-37)33-17-10-7-11-18-33/h6-18,20-30,35H,5,19,31H2,1-4H3/b12-6-,16-9?. The van der Waals surface area contributed by atoms with E-state index in [4.69, 9.17) is 0 Å². The van der Waals surface area contributed by atoms with Gasteiger partial charge < -0.3 is 4.90 Å². The number of anilines is 3. The fraction of sp³-hybridized carbons (Fsp3) is 0.217. The van der Waals surface area contributed by atoms with Crippen molar-refractivity contribution in [3.8, 4) is 22.3 Å². The molecule has 232 valence electrons. The summed E-state index contributed by atoms with van der Waals surface area (Å²) < 4.78 is 0. The molecule has 0 radical (unpaired) electrons. The van der Waals surface area contributed by atoms with Gasteiger partial charge in [0.25, 0.3) is 0 Å². The summed E-state index contributed by atoms with van der Waals surface area (Å²) in [6.45, 7) is 9.71. The van der Waals surface area contributed by atoms with E-state index in [1.165, 1.54) is 61.5 Å². The number of nitrogens with zero attached hydrogens (tertiary/aromatic N) is 1. The maximum Gasteiger partial charge on any atom is 0.0543 e. The number of para-hydroxylation sites is 1. The van der Waals surface area contributed by atoms with Crippen molar-refractivity contribution < 1.29 is 0 Å². The predicted octanol–water partition coefficient (Wildman–Crippen LogP) is 12.7. The topological polar surface area (TPSA) is 3.24 Å². The maximum atomic E-state index is 2.61. The highest BCUT2D eigenvalue weighted by atomic mass is 15.1. The number of allylic oxidation sites excluding steroid dienone is 6. The van der Waals surface area contributed by atoms with Gasteiger partial charge in [0.1, 0.15) is 0 Å². The molecule has 0 N–H and O–H groups in total. The van der Waals surface area contributed by atoms with Crippen LogP contribution in [0.2, 0.25) is 0 Å². The number of hydrogen-bond acceptors (Lipinski definition) is 1. The van der Waals surface area contributed by atoms with Crippen molar-refractivity contribution in [3.63, 3.8) is 0 Å². The summed E-state index contributed by atoms with van der Waals surface area (Å²) in [6, 6.07) is 42.8. The molecule has 5 aromatic rings. The smallest absolute Gasteiger partial charge is 0.0543 e. The van der Waals surface area contributed by atoms with Gasteiger partial charge in [0.15, 0.2) is 0 Å². The van der Waals surface area contributed by atoms with Crippen LogP contribution in [-0.2, 0) is 10.8 Å². The summed E-state index contributed by atoms with van der Waals surface area (Å²) in [4.78, 5) is 2.46. The first-order chi connectivity index (χ1) is 22.9. The molecule has 0 amide bonds. The lowest BCUT2D eigenvalue weighted by Crippen LogP contribution is -2.23. The summed E-state index contributed by atoms with van der Waals surface area (Å²) in [5.74, 6) is 0.391. The van der Waals surface area contributed by atoms with E-state index in [1.54, 1.807) is 0 Å². The Balaban J connectivity index is 1.34. The van der Waals surface area contributed by atoms with Crippen molar-refractivity contribution in [1.82, 2.24) is 0 Å². The number of fused-ring (bicyclic) bond motifs is 6. The second kappa shape index (κ2) is 11.4. The molecule has 0 spiro atoms. The quantitative estimate of drug-likeness (QED) is 0.192. The number of hydrogen-bond donors (Lipinski definition) is 0. The molecule has 1 nitrogen and oxygen atoms in total. The maximum absolute atomic E-state index is 2.61. The normalized spacial score (nSPS) is 20.9. The lowest BCUT2D eigenvalue weighted by Gasteiger charge is -2.32. The zero-order chi connectivity index (χ0) is 32.2. The zero-order valence-electron chi connectivity index (χ0n) is 28.0. The van der Waals surface area contributed by atoms with Crippen molar-refractivity contribution >= 4 is 17.1 Å². The second-order valence-electron chi connectivity index (χ2n) is 14.4. The minimum atomic E-state index is -0.117. The molecule has 2 unspecified atom stereocenters. The van der Waals surface area contributed by atoms with Gasteiger partial charge in [0.2, 0.25) is 0 Å². The zero-order valence-corrected chi connectivity index (χ0v) is 28.0. The van der Waals surface area contributed by atoms with Crippen molar-refractivity contribution in [3.05, 3.63) is 173 Å². The summed E-state index contributed by atoms with van der Waals surface area (Å²) in [7, 11) is 0. The van der Waals surface area contributed by atoms with Crippen LogP contribution in [0.1, 0.15) is 75.1 Å². The van der Waals surface area contributed by atoms with Gasteiger partial charge in [0, 0.05) is 28.3 Å². The third kappa shape index (κ3) is 4.92. The van der Waals surface area contributed by atoms with E-state index >= 15 is 0 Å². The monoisotopic (exact) mass is 609 g/mol. The minimum absolute atomic E-state index is 0.0633. The highest BCUT2D eigenvalue weighted by molar-refractivity contribution is 5.95. The molecule has 8 rings (SSSR count). The van der Waals surface area contributed by atoms with E-state index in [-0.39, 0.29) is 10.8 Å². The first-order valence-electron chi connectivity index (χ1n) is 17.2. The van der Waals surface area contributed by atoms with Crippen LogP contribution in [0.4, 0.5) is 17.1 Å². The molecule has 3 aliphatic carbocycles. The van der Waals surface area contributed by atoms with E-state index in [1.807, 2.05) is 0 Å². The van der Waals surface area contributed by atoms with Crippen LogP contribution in [0.3, 0.4) is 0 Å². The van der Waals surface area contributed by atoms with Gasteiger partial charge in [-0.05, 0) is 100 Å². The SMILES string of the molecule is CCC1(C)CC2=CC(C/C=C\C=C2)c2cc3c(cc21)-c1c(N(c2ccccc2)c2ccc(-c4ccccc4)cc2)cccc1C3(C)C. The van der Waals surface area contributed by atoms with Gasteiger partial charge in [-0.25, -0.2) is 0 Å². The Hall–Kier alpha value is -4.88. The molecular weight excluding hydrogens is 567 g/mol. The van der Waals surface area contributed by atoms with Gasteiger partial charge in [-0.3, -0.25) is 0 Å². The van der Waals surface area contributed by atoms with E-state index in [0.717, 1.165) is 24.9 Å². The average Bonchev–Trinajstić information content (AvgIpc) is 3.23. The summed E-state index contributed by atoms with van der Waals surface area (Å²) in [5.41, 5.74) is 16.1. The summed E-state index contributed by atoms with van der Waals surface area (Å²) in [6.07, 6.45) is 14.9. The molecule has 0 heterocycles. The van der Waals surface area contributed by atoms with Gasteiger partial charge in [-0.15, -0.1) is 0 Å². The first kappa shape index (κ1) is 29.5. The lowest BCUT2D eigenvalue weighted by molar-refractivity contribution is 0.453. The molecule has 1 heteroatoms. The van der Waals surface area contributed by atoms with E-state index in [9.17, 15) is 0 Å². The van der Waals surface area contributed by atoms with Gasteiger partial charge >= 0.3 is 0 Å². The van der Waals surface area contributed by atoms with Crippen LogP contribution in [-0.4, -0.2) is 0 Å². The largest absolute Gasteiger partial charge is 0.310 e. The lowest BCUT2D eigenvalue weighted by atomic mass is 9.71. The molecule has 0 fully saturated rings. The van der Waals surface area contributed by atoms with E-state index in [2.05, 4.69) is 178 Å². The van der Waals surface area contributed by atoms with Gasteiger partial charge in [0.05, 0.1) is 5.69 Å². The molecule has 0 aliphatic heterocycles. The Morgan fingerprint density at radius 2 is 1.38 bits per heavy atom. The van der Waals surface area contributed by atoms with Crippen LogP contribution in [0.15, 0.2) is 151 Å². The molecule has 0 saturated heterocycles.